The highest BCUT2D eigenvalue weighted by Crippen LogP contribution is 2.14. The van der Waals surface area contributed by atoms with Crippen molar-refractivity contribution in [2.24, 2.45) is 0 Å². The van der Waals surface area contributed by atoms with Gasteiger partial charge in [-0.3, -0.25) is 9.59 Å². The molecule has 0 saturated carbocycles. The molecule has 1 aliphatic heterocycles. The zero-order valence-electron chi connectivity index (χ0n) is 17.2. The van der Waals surface area contributed by atoms with E-state index in [0.29, 0.717) is 32.6 Å². The van der Waals surface area contributed by atoms with Gasteiger partial charge in [0.05, 0.1) is 0 Å². The molecule has 26 heavy (non-hydrogen) atoms. The lowest BCUT2D eigenvalue weighted by Gasteiger charge is -2.32. The standard InChI is InChI=1S/C22H42N2O2/c1-2-3-4-5-6-7-8-9-10-11-12-13-14-15-16-22(26)24-19-17-23(21-25)18-20-24/h21H,2-20H2,1H3. The first-order valence-corrected chi connectivity index (χ1v) is 11.2. The Balaban J connectivity index is 1.80. The van der Waals surface area contributed by atoms with Crippen LogP contribution in [0.1, 0.15) is 103 Å². The Kier molecular flexibility index (Phi) is 14.3. The number of carbonyl (C=O) groups is 2. The molecule has 152 valence electrons. The predicted octanol–water partition coefficient (Wildman–Crippen LogP) is 5.16. The van der Waals surface area contributed by atoms with Crippen LogP contribution in [0, 0.1) is 0 Å². The minimum Gasteiger partial charge on any atom is -0.342 e. The predicted molar refractivity (Wildman–Crippen MR) is 109 cm³/mol. The lowest BCUT2D eigenvalue weighted by atomic mass is 10.0. The van der Waals surface area contributed by atoms with Gasteiger partial charge in [0.2, 0.25) is 12.3 Å². The molecule has 0 aromatic carbocycles. The first-order chi connectivity index (χ1) is 12.8. The minimum atomic E-state index is 0.273. The van der Waals surface area contributed by atoms with Crippen molar-refractivity contribution < 1.29 is 9.59 Å². The quantitative estimate of drug-likeness (QED) is 0.280. The van der Waals surface area contributed by atoms with Crippen molar-refractivity contribution in [3.05, 3.63) is 0 Å². The van der Waals surface area contributed by atoms with Crippen LogP contribution >= 0.6 is 0 Å². The lowest BCUT2D eigenvalue weighted by molar-refractivity contribution is -0.135. The van der Waals surface area contributed by atoms with E-state index in [0.717, 1.165) is 12.8 Å². The topological polar surface area (TPSA) is 40.6 Å². The first kappa shape index (κ1) is 23.0. The van der Waals surface area contributed by atoms with Gasteiger partial charge in [0, 0.05) is 32.6 Å². The van der Waals surface area contributed by atoms with Crippen LogP contribution in [0.25, 0.3) is 0 Å². The van der Waals surface area contributed by atoms with Crippen LogP contribution < -0.4 is 0 Å². The average Bonchev–Trinajstić information content (AvgIpc) is 2.68. The summed E-state index contributed by atoms with van der Waals surface area (Å²) in [6, 6.07) is 0. The second-order valence-electron chi connectivity index (χ2n) is 7.87. The fourth-order valence-electron chi connectivity index (χ4n) is 3.71. The molecule has 0 unspecified atom stereocenters. The number of carbonyl (C=O) groups excluding carboxylic acids is 2. The van der Waals surface area contributed by atoms with Crippen molar-refractivity contribution >= 4 is 12.3 Å². The van der Waals surface area contributed by atoms with Crippen LogP contribution in [-0.2, 0) is 9.59 Å². The van der Waals surface area contributed by atoms with Crippen molar-refractivity contribution in [3.63, 3.8) is 0 Å². The van der Waals surface area contributed by atoms with Gasteiger partial charge < -0.3 is 9.80 Å². The maximum absolute atomic E-state index is 12.1. The highest BCUT2D eigenvalue weighted by molar-refractivity contribution is 5.76. The Morgan fingerprint density at radius 1 is 0.692 bits per heavy atom. The molecular formula is C22H42N2O2. The van der Waals surface area contributed by atoms with Crippen molar-refractivity contribution in [1.29, 1.82) is 0 Å². The van der Waals surface area contributed by atoms with Gasteiger partial charge in [-0.2, -0.15) is 0 Å². The number of hydrogen-bond acceptors (Lipinski definition) is 2. The summed E-state index contributed by atoms with van der Waals surface area (Å²) in [4.78, 5) is 26.5. The molecule has 0 spiro atoms. The van der Waals surface area contributed by atoms with Crippen LogP contribution in [0.3, 0.4) is 0 Å². The van der Waals surface area contributed by atoms with Gasteiger partial charge in [0.15, 0.2) is 0 Å². The average molecular weight is 367 g/mol. The van der Waals surface area contributed by atoms with Crippen molar-refractivity contribution in [3.8, 4) is 0 Å². The van der Waals surface area contributed by atoms with Crippen LogP contribution in [0.4, 0.5) is 0 Å². The fraction of sp³-hybridized carbons (Fsp3) is 0.909. The normalized spacial score (nSPS) is 14.7. The molecule has 0 aromatic rings. The molecule has 1 heterocycles. The summed E-state index contributed by atoms with van der Waals surface area (Å²) in [5.41, 5.74) is 0. The number of amides is 2. The summed E-state index contributed by atoms with van der Waals surface area (Å²) in [6.07, 6.45) is 20.4. The van der Waals surface area contributed by atoms with Gasteiger partial charge in [-0.05, 0) is 6.42 Å². The summed E-state index contributed by atoms with van der Waals surface area (Å²) < 4.78 is 0. The summed E-state index contributed by atoms with van der Waals surface area (Å²) in [7, 11) is 0. The number of rotatable bonds is 16. The Morgan fingerprint density at radius 2 is 1.12 bits per heavy atom. The summed E-state index contributed by atoms with van der Waals surface area (Å²) in [5.74, 6) is 0.273. The zero-order chi connectivity index (χ0) is 18.9. The van der Waals surface area contributed by atoms with Gasteiger partial charge in [-0.1, -0.05) is 90.4 Å². The van der Waals surface area contributed by atoms with E-state index >= 15 is 0 Å². The van der Waals surface area contributed by atoms with E-state index in [9.17, 15) is 9.59 Å². The number of piperazine rings is 1. The third-order valence-corrected chi connectivity index (χ3v) is 5.56. The van der Waals surface area contributed by atoms with E-state index in [4.69, 9.17) is 0 Å². The molecule has 1 aliphatic rings. The highest BCUT2D eigenvalue weighted by Gasteiger charge is 2.19. The molecule has 2 amide bonds. The molecule has 4 nitrogen and oxygen atoms in total. The van der Waals surface area contributed by atoms with E-state index in [2.05, 4.69) is 6.92 Å². The third-order valence-electron chi connectivity index (χ3n) is 5.56. The van der Waals surface area contributed by atoms with E-state index < -0.39 is 0 Å². The van der Waals surface area contributed by atoms with Crippen LogP contribution in [0.5, 0.6) is 0 Å². The molecule has 0 aliphatic carbocycles. The molecule has 0 aromatic heterocycles. The largest absolute Gasteiger partial charge is 0.342 e. The van der Waals surface area contributed by atoms with Crippen LogP contribution in [0.2, 0.25) is 0 Å². The van der Waals surface area contributed by atoms with Gasteiger partial charge in [0.1, 0.15) is 0 Å². The zero-order valence-corrected chi connectivity index (χ0v) is 17.2. The Morgan fingerprint density at radius 3 is 1.54 bits per heavy atom. The summed E-state index contributed by atoms with van der Waals surface area (Å²) >= 11 is 0. The van der Waals surface area contributed by atoms with Crippen molar-refractivity contribution in [2.75, 3.05) is 26.2 Å². The molecule has 1 fully saturated rings. The second kappa shape index (κ2) is 16.1. The van der Waals surface area contributed by atoms with Gasteiger partial charge in [-0.25, -0.2) is 0 Å². The fourth-order valence-corrected chi connectivity index (χ4v) is 3.71. The Bertz CT molecular complexity index is 352. The summed E-state index contributed by atoms with van der Waals surface area (Å²) in [5, 5.41) is 0. The van der Waals surface area contributed by atoms with E-state index in [1.54, 1.807) is 4.90 Å². The molecule has 0 atom stereocenters. The van der Waals surface area contributed by atoms with Gasteiger partial charge in [-0.15, -0.1) is 0 Å². The lowest BCUT2D eigenvalue weighted by Crippen LogP contribution is -2.48. The smallest absolute Gasteiger partial charge is 0.222 e. The molecular weight excluding hydrogens is 324 g/mol. The minimum absolute atomic E-state index is 0.273. The maximum Gasteiger partial charge on any atom is 0.222 e. The van der Waals surface area contributed by atoms with Crippen LogP contribution in [-0.4, -0.2) is 48.3 Å². The molecule has 1 saturated heterocycles. The van der Waals surface area contributed by atoms with E-state index in [-0.39, 0.29) is 5.91 Å². The molecule has 0 bridgehead atoms. The maximum atomic E-state index is 12.1. The van der Waals surface area contributed by atoms with E-state index in [1.807, 2.05) is 4.90 Å². The van der Waals surface area contributed by atoms with Crippen molar-refractivity contribution in [2.45, 2.75) is 103 Å². The molecule has 4 heteroatoms. The molecule has 1 rings (SSSR count). The molecule has 0 N–H and O–H groups in total. The van der Waals surface area contributed by atoms with Crippen LogP contribution in [0.15, 0.2) is 0 Å². The second-order valence-corrected chi connectivity index (χ2v) is 7.87. The van der Waals surface area contributed by atoms with Crippen molar-refractivity contribution in [1.82, 2.24) is 9.80 Å². The monoisotopic (exact) mass is 366 g/mol. The number of unbranched alkanes of at least 4 members (excludes halogenated alkanes) is 13. The first-order valence-electron chi connectivity index (χ1n) is 11.2. The third kappa shape index (κ3) is 11.5. The van der Waals surface area contributed by atoms with Gasteiger partial charge in [0.25, 0.3) is 0 Å². The SMILES string of the molecule is CCCCCCCCCCCCCCCCC(=O)N1CCN(C=O)CC1. The Labute approximate surface area is 161 Å². The van der Waals surface area contributed by atoms with Gasteiger partial charge >= 0.3 is 0 Å². The highest BCUT2D eigenvalue weighted by atomic mass is 16.2. The number of hydrogen-bond donors (Lipinski definition) is 0. The Hall–Kier alpha value is -1.06. The summed E-state index contributed by atoms with van der Waals surface area (Å²) in [6.45, 7) is 5.06. The van der Waals surface area contributed by atoms with E-state index in [1.165, 1.54) is 83.5 Å². The number of nitrogens with zero attached hydrogens (tertiary/aromatic N) is 2. The molecule has 0 radical (unpaired) electrons.